The molecule has 0 bridgehead atoms. The highest BCUT2D eigenvalue weighted by Crippen LogP contribution is 2.12. The van der Waals surface area contributed by atoms with Gasteiger partial charge >= 0.3 is 12.1 Å². The highest BCUT2D eigenvalue weighted by Gasteiger charge is 2.10. The van der Waals surface area contributed by atoms with Crippen molar-refractivity contribution in [3.8, 4) is 0 Å². The van der Waals surface area contributed by atoms with Crippen LogP contribution in [0, 0.1) is 0 Å². The van der Waals surface area contributed by atoms with E-state index in [-0.39, 0.29) is 23.9 Å². The van der Waals surface area contributed by atoms with E-state index in [2.05, 4.69) is 31.9 Å². The predicted octanol–water partition coefficient (Wildman–Crippen LogP) is 4.83. The van der Waals surface area contributed by atoms with E-state index in [1.807, 2.05) is 24.3 Å². The molecule has 0 spiro atoms. The molecule has 0 unspecified atom stereocenters. The van der Waals surface area contributed by atoms with E-state index in [1.165, 1.54) is 0 Å². The highest BCUT2D eigenvalue weighted by atomic mass is 16.2. The molecule has 258 valence electrons. The summed E-state index contributed by atoms with van der Waals surface area (Å²) in [5, 5.41) is 17.0. The van der Waals surface area contributed by atoms with E-state index >= 15 is 0 Å². The fourth-order valence-electron chi connectivity index (χ4n) is 4.75. The Morgan fingerprint density at radius 2 is 0.792 bits per heavy atom. The Bertz CT molecular complexity index is 1300. The number of amides is 6. The van der Waals surface area contributed by atoms with Crippen molar-refractivity contribution >= 4 is 35.3 Å². The minimum atomic E-state index is -0.264. The quantitative estimate of drug-likeness (QED) is 0.0802. The van der Waals surface area contributed by atoms with E-state index in [1.54, 1.807) is 48.5 Å². The number of nitrogens with two attached hydrogens (primary N) is 2. The number of urea groups is 2. The Morgan fingerprint density at radius 1 is 0.438 bits per heavy atom. The third-order valence-corrected chi connectivity index (χ3v) is 7.57. The number of nitrogens with one attached hydrogen (secondary N) is 6. The van der Waals surface area contributed by atoms with Crippen LogP contribution in [-0.4, -0.2) is 50.1 Å². The van der Waals surface area contributed by atoms with Crippen molar-refractivity contribution in [2.75, 3.05) is 36.8 Å². The molecule has 12 nitrogen and oxygen atoms in total. The van der Waals surface area contributed by atoms with Gasteiger partial charge in [-0.05, 0) is 98.4 Å². The Labute approximate surface area is 283 Å². The number of hydrogen-bond acceptors (Lipinski definition) is 6. The summed E-state index contributed by atoms with van der Waals surface area (Å²) in [6.07, 6.45) is 8.04. The molecule has 0 saturated heterocycles. The van der Waals surface area contributed by atoms with Crippen molar-refractivity contribution < 1.29 is 19.2 Å². The second kappa shape index (κ2) is 21.8. The lowest BCUT2D eigenvalue weighted by atomic mass is 10.1. The Morgan fingerprint density at radius 3 is 1.15 bits per heavy atom. The third-order valence-electron chi connectivity index (χ3n) is 7.57. The number of unbranched alkanes of at least 4 members (excludes halogenated alkanes) is 6. The van der Waals surface area contributed by atoms with Crippen LogP contribution in [0.1, 0.15) is 83.2 Å². The number of hydrogen-bond donors (Lipinski definition) is 8. The summed E-state index contributed by atoms with van der Waals surface area (Å²) < 4.78 is 0. The lowest BCUT2D eigenvalue weighted by Crippen LogP contribution is -2.29. The normalized spacial score (nSPS) is 10.5. The van der Waals surface area contributed by atoms with Gasteiger partial charge in [0, 0.05) is 48.7 Å². The molecule has 0 aliphatic heterocycles. The van der Waals surface area contributed by atoms with Crippen LogP contribution in [0.15, 0.2) is 72.8 Å². The van der Waals surface area contributed by atoms with Crippen LogP contribution in [0.4, 0.5) is 21.0 Å². The van der Waals surface area contributed by atoms with Crippen LogP contribution in [-0.2, 0) is 13.1 Å². The smallest absolute Gasteiger partial charge is 0.319 e. The first-order valence-electron chi connectivity index (χ1n) is 16.7. The first-order chi connectivity index (χ1) is 23.4. The molecule has 0 aliphatic rings. The largest absolute Gasteiger partial charge is 0.348 e. The first-order valence-corrected chi connectivity index (χ1v) is 16.7. The number of carbonyl (C=O) groups excluding carboxylic acids is 4. The van der Waals surface area contributed by atoms with Gasteiger partial charge in [0.25, 0.3) is 11.8 Å². The second-order valence-electron chi connectivity index (χ2n) is 11.5. The molecule has 0 saturated carbocycles. The minimum Gasteiger partial charge on any atom is -0.348 e. The van der Waals surface area contributed by atoms with Crippen LogP contribution in [0.25, 0.3) is 0 Å². The van der Waals surface area contributed by atoms with Gasteiger partial charge in [-0.25, -0.2) is 9.59 Å². The molecule has 12 heteroatoms. The zero-order valence-corrected chi connectivity index (χ0v) is 27.6. The van der Waals surface area contributed by atoms with Gasteiger partial charge in [-0.2, -0.15) is 0 Å². The van der Waals surface area contributed by atoms with Crippen LogP contribution in [0.3, 0.4) is 0 Å². The lowest BCUT2D eigenvalue weighted by Gasteiger charge is -2.10. The van der Waals surface area contributed by atoms with Gasteiger partial charge in [0.2, 0.25) is 0 Å². The molecule has 0 radical (unpaired) electrons. The molecular formula is C36H50N8O4. The molecule has 10 N–H and O–H groups in total. The Kier molecular flexibility index (Phi) is 17.0. The van der Waals surface area contributed by atoms with Crippen LogP contribution < -0.4 is 43.4 Å². The maximum atomic E-state index is 12.7. The summed E-state index contributed by atoms with van der Waals surface area (Å²) in [5.74, 6) is -0.528. The number of carbonyl (C=O) groups is 4. The van der Waals surface area contributed by atoms with E-state index in [9.17, 15) is 19.2 Å². The molecule has 6 amide bonds. The predicted molar refractivity (Wildman–Crippen MR) is 191 cm³/mol. The van der Waals surface area contributed by atoms with Gasteiger partial charge in [-0.1, -0.05) is 49.9 Å². The molecule has 3 aromatic rings. The Balaban J connectivity index is 1.34. The maximum absolute atomic E-state index is 12.7. The molecular weight excluding hydrogens is 608 g/mol. The fourth-order valence-corrected chi connectivity index (χ4v) is 4.75. The second-order valence-corrected chi connectivity index (χ2v) is 11.5. The van der Waals surface area contributed by atoms with Gasteiger partial charge < -0.3 is 43.4 Å². The summed E-state index contributed by atoms with van der Waals surface area (Å²) in [6.45, 7) is 3.23. The van der Waals surface area contributed by atoms with Gasteiger partial charge in [0.05, 0.1) is 0 Å². The SMILES string of the molecule is NCCCCCCNC(=O)Nc1ccc(CNC(=O)c2ccc(C(=O)NCc3ccc(NC(=O)NCCCCCCN)cc3)cc2)cc1. The molecule has 3 aromatic carbocycles. The van der Waals surface area contributed by atoms with Crippen LogP contribution >= 0.6 is 0 Å². The zero-order chi connectivity index (χ0) is 34.4. The van der Waals surface area contributed by atoms with Gasteiger partial charge in [0.15, 0.2) is 0 Å². The molecule has 0 atom stereocenters. The van der Waals surface area contributed by atoms with Crippen molar-refractivity contribution in [2.45, 2.75) is 64.5 Å². The molecule has 0 aliphatic carbocycles. The number of anilines is 2. The van der Waals surface area contributed by atoms with Crippen LogP contribution in [0.5, 0.6) is 0 Å². The van der Waals surface area contributed by atoms with Gasteiger partial charge in [0.1, 0.15) is 0 Å². The van der Waals surface area contributed by atoms with E-state index in [0.717, 1.165) is 62.5 Å². The van der Waals surface area contributed by atoms with Crippen LogP contribution in [0.2, 0.25) is 0 Å². The molecule has 3 rings (SSSR count). The summed E-state index contributed by atoms with van der Waals surface area (Å²) >= 11 is 0. The van der Waals surface area contributed by atoms with Gasteiger partial charge in [-0.3, -0.25) is 9.59 Å². The first kappa shape index (κ1) is 37.5. The highest BCUT2D eigenvalue weighted by molar-refractivity contribution is 5.97. The number of rotatable bonds is 20. The monoisotopic (exact) mass is 658 g/mol. The summed E-state index contributed by atoms with van der Waals surface area (Å²) in [5.41, 5.74) is 14.9. The average Bonchev–Trinajstić information content (AvgIpc) is 3.10. The summed E-state index contributed by atoms with van der Waals surface area (Å²) in [6, 6.07) is 20.4. The molecule has 48 heavy (non-hydrogen) atoms. The van der Waals surface area contributed by atoms with Gasteiger partial charge in [-0.15, -0.1) is 0 Å². The van der Waals surface area contributed by atoms with Crippen molar-refractivity contribution in [1.82, 2.24) is 21.3 Å². The Hall–Kier alpha value is -4.94. The fraction of sp³-hybridized carbons (Fsp3) is 0.389. The van der Waals surface area contributed by atoms with Crippen molar-refractivity contribution in [3.05, 3.63) is 95.1 Å². The third kappa shape index (κ3) is 14.7. The average molecular weight is 659 g/mol. The number of benzene rings is 3. The van der Waals surface area contributed by atoms with E-state index in [0.29, 0.717) is 61.8 Å². The van der Waals surface area contributed by atoms with Crippen molar-refractivity contribution in [2.24, 2.45) is 11.5 Å². The van der Waals surface area contributed by atoms with E-state index < -0.39 is 0 Å². The molecule has 0 aromatic heterocycles. The lowest BCUT2D eigenvalue weighted by molar-refractivity contribution is 0.0939. The zero-order valence-electron chi connectivity index (χ0n) is 27.6. The van der Waals surface area contributed by atoms with Crippen molar-refractivity contribution in [1.29, 1.82) is 0 Å². The summed E-state index contributed by atoms with van der Waals surface area (Å²) in [7, 11) is 0. The molecule has 0 fully saturated rings. The topological polar surface area (TPSA) is 192 Å². The van der Waals surface area contributed by atoms with Crippen molar-refractivity contribution in [3.63, 3.8) is 0 Å². The standard InChI is InChI=1S/C36H50N8O4/c37-21-5-1-3-7-23-39-35(47)43-31-17-9-27(10-18-31)25-41-33(45)29-13-15-30(16-14-29)34(46)42-26-28-11-19-32(20-12-28)44-36(48)40-24-8-4-2-6-22-38/h9-20H,1-8,21-26,37-38H2,(H,41,45)(H,42,46)(H2,39,43,47)(H2,40,44,48). The molecule has 0 heterocycles. The maximum Gasteiger partial charge on any atom is 0.319 e. The van der Waals surface area contributed by atoms with E-state index in [4.69, 9.17) is 11.5 Å². The minimum absolute atomic E-state index is 0.253. The summed E-state index contributed by atoms with van der Waals surface area (Å²) in [4.78, 5) is 49.5.